The maximum Gasteiger partial charge on any atom is 0.251 e. The van der Waals surface area contributed by atoms with E-state index in [-0.39, 0.29) is 11.7 Å². The summed E-state index contributed by atoms with van der Waals surface area (Å²) in [5.41, 5.74) is 1.66. The molecule has 0 saturated heterocycles. The van der Waals surface area contributed by atoms with E-state index in [1.807, 2.05) is 0 Å². The van der Waals surface area contributed by atoms with Crippen LogP contribution in [0.15, 0.2) is 18.2 Å². The Balaban J connectivity index is 1.66. The monoisotopic (exact) mass is 245 g/mol. The topological polar surface area (TPSA) is 49.3 Å². The molecule has 96 valence electrons. The predicted molar refractivity (Wildman–Crippen MR) is 69.6 cm³/mol. The van der Waals surface area contributed by atoms with E-state index in [4.69, 9.17) is 0 Å². The molecular weight excluding hydrogens is 226 g/mol. The molecule has 0 heterocycles. The normalized spacial score (nSPS) is 20.5. The third-order valence-corrected chi connectivity index (χ3v) is 4.49. The van der Waals surface area contributed by atoms with E-state index in [1.54, 1.807) is 25.1 Å². The fourth-order valence-corrected chi connectivity index (χ4v) is 2.81. The van der Waals surface area contributed by atoms with Crippen LogP contribution in [0.5, 0.6) is 5.75 Å². The maximum absolute atomic E-state index is 12.1. The molecule has 3 rings (SSSR count). The van der Waals surface area contributed by atoms with Gasteiger partial charge in [0.1, 0.15) is 5.75 Å². The van der Waals surface area contributed by atoms with Gasteiger partial charge in [-0.3, -0.25) is 4.79 Å². The zero-order valence-electron chi connectivity index (χ0n) is 10.7. The van der Waals surface area contributed by atoms with Gasteiger partial charge >= 0.3 is 0 Å². The van der Waals surface area contributed by atoms with Gasteiger partial charge in [0.15, 0.2) is 0 Å². The molecule has 1 aromatic rings. The smallest absolute Gasteiger partial charge is 0.251 e. The number of carbonyl (C=O) groups is 1. The Labute approximate surface area is 107 Å². The Hall–Kier alpha value is -1.51. The molecule has 0 aromatic heterocycles. The summed E-state index contributed by atoms with van der Waals surface area (Å²) in [5, 5.41) is 12.6. The van der Waals surface area contributed by atoms with Crippen LogP contribution >= 0.6 is 0 Å². The summed E-state index contributed by atoms with van der Waals surface area (Å²) in [6.07, 6.45) is 5.19. The molecule has 0 bridgehead atoms. The second-order valence-electron chi connectivity index (χ2n) is 5.77. The number of phenols is 1. The fraction of sp³-hybridized carbons (Fsp3) is 0.533. The van der Waals surface area contributed by atoms with Crippen LogP contribution in [0.25, 0.3) is 0 Å². The lowest BCUT2D eigenvalue weighted by molar-refractivity contribution is 0.0941. The minimum atomic E-state index is -0.0599. The second-order valence-corrected chi connectivity index (χ2v) is 5.77. The second kappa shape index (κ2) is 4.01. The van der Waals surface area contributed by atoms with Crippen molar-refractivity contribution in [1.29, 1.82) is 0 Å². The van der Waals surface area contributed by atoms with Crippen molar-refractivity contribution in [3.8, 4) is 5.75 Å². The summed E-state index contributed by atoms with van der Waals surface area (Å²) < 4.78 is 0. The zero-order valence-corrected chi connectivity index (χ0v) is 10.7. The van der Waals surface area contributed by atoms with Gasteiger partial charge in [0, 0.05) is 17.7 Å². The number of rotatable bonds is 4. The molecule has 0 radical (unpaired) electrons. The zero-order chi connectivity index (χ0) is 12.8. The summed E-state index contributed by atoms with van der Waals surface area (Å²) in [5.74, 6) is 0.976. The van der Waals surface area contributed by atoms with E-state index < -0.39 is 0 Å². The third-order valence-electron chi connectivity index (χ3n) is 4.49. The molecule has 2 N–H and O–H groups in total. The van der Waals surface area contributed by atoms with Gasteiger partial charge < -0.3 is 10.4 Å². The average Bonchev–Trinajstić information content (AvgIpc) is 3.22. The molecule has 2 aliphatic carbocycles. The van der Waals surface area contributed by atoms with E-state index in [9.17, 15) is 9.90 Å². The lowest BCUT2D eigenvalue weighted by Crippen LogP contribution is -2.31. The number of carbonyl (C=O) groups excluding carboxylic acids is 1. The SMILES string of the molecule is Cc1c(O)cccc1C(=O)NCC1(C2CC2)CC1. The Bertz CT molecular complexity index is 487. The van der Waals surface area contributed by atoms with E-state index in [1.165, 1.54) is 25.7 Å². The highest BCUT2D eigenvalue weighted by molar-refractivity contribution is 5.96. The van der Waals surface area contributed by atoms with Gasteiger partial charge in [-0.05, 0) is 56.1 Å². The molecule has 0 spiro atoms. The van der Waals surface area contributed by atoms with Gasteiger partial charge in [0.25, 0.3) is 5.91 Å². The van der Waals surface area contributed by atoms with Gasteiger partial charge in [-0.1, -0.05) is 6.07 Å². The van der Waals surface area contributed by atoms with Gasteiger partial charge in [0.05, 0.1) is 0 Å². The summed E-state index contributed by atoms with van der Waals surface area (Å²) in [6.45, 7) is 2.57. The van der Waals surface area contributed by atoms with E-state index in [0.717, 1.165) is 12.5 Å². The highest BCUT2D eigenvalue weighted by Crippen LogP contribution is 2.60. The molecule has 3 heteroatoms. The van der Waals surface area contributed by atoms with Gasteiger partial charge in [-0.15, -0.1) is 0 Å². The van der Waals surface area contributed by atoms with E-state index in [0.29, 0.717) is 16.5 Å². The van der Waals surface area contributed by atoms with Crippen LogP contribution in [0, 0.1) is 18.3 Å². The molecule has 0 atom stereocenters. The molecule has 1 amide bonds. The summed E-state index contributed by atoms with van der Waals surface area (Å²) in [4.78, 5) is 12.1. The van der Waals surface area contributed by atoms with E-state index >= 15 is 0 Å². The maximum atomic E-state index is 12.1. The Morgan fingerprint density at radius 3 is 2.78 bits per heavy atom. The molecule has 18 heavy (non-hydrogen) atoms. The first kappa shape index (κ1) is 11.6. The molecule has 0 unspecified atom stereocenters. The van der Waals surface area contributed by atoms with Gasteiger partial charge in [-0.2, -0.15) is 0 Å². The van der Waals surface area contributed by atoms with E-state index in [2.05, 4.69) is 5.32 Å². The predicted octanol–water partition coefficient (Wildman–Crippen LogP) is 2.62. The number of amides is 1. The van der Waals surface area contributed by atoms with Crippen LogP contribution in [-0.2, 0) is 0 Å². The van der Waals surface area contributed by atoms with Crippen molar-refractivity contribution >= 4 is 5.91 Å². The third kappa shape index (κ3) is 1.98. The minimum Gasteiger partial charge on any atom is -0.508 e. The van der Waals surface area contributed by atoms with Gasteiger partial charge in [0.2, 0.25) is 0 Å². The Morgan fingerprint density at radius 1 is 1.44 bits per heavy atom. The van der Waals surface area contributed by atoms with Crippen molar-refractivity contribution in [3.05, 3.63) is 29.3 Å². The lowest BCUT2D eigenvalue weighted by atomic mass is 10.0. The van der Waals surface area contributed by atoms with Crippen LogP contribution in [0.1, 0.15) is 41.6 Å². The van der Waals surface area contributed by atoms with Crippen molar-refractivity contribution < 1.29 is 9.90 Å². The molecule has 2 aliphatic rings. The van der Waals surface area contributed by atoms with Crippen LogP contribution in [0.3, 0.4) is 0 Å². The number of hydrogen-bond acceptors (Lipinski definition) is 2. The quantitative estimate of drug-likeness (QED) is 0.856. The fourth-order valence-electron chi connectivity index (χ4n) is 2.81. The summed E-state index contributed by atoms with van der Waals surface area (Å²) in [6, 6.07) is 5.09. The summed E-state index contributed by atoms with van der Waals surface area (Å²) in [7, 11) is 0. The summed E-state index contributed by atoms with van der Waals surface area (Å²) >= 11 is 0. The van der Waals surface area contributed by atoms with Crippen LogP contribution in [0.2, 0.25) is 0 Å². The van der Waals surface area contributed by atoms with Crippen molar-refractivity contribution in [1.82, 2.24) is 5.32 Å². The Kier molecular flexibility index (Phi) is 2.58. The van der Waals surface area contributed by atoms with Crippen molar-refractivity contribution in [2.24, 2.45) is 11.3 Å². The first-order chi connectivity index (χ1) is 8.62. The highest BCUT2D eigenvalue weighted by Gasteiger charge is 2.53. The Morgan fingerprint density at radius 2 is 2.17 bits per heavy atom. The number of aromatic hydroxyl groups is 1. The largest absolute Gasteiger partial charge is 0.508 e. The van der Waals surface area contributed by atoms with Crippen LogP contribution in [0.4, 0.5) is 0 Å². The first-order valence-electron chi connectivity index (χ1n) is 6.69. The molecule has 2 fully saturated rings. The van der Waals surface area contributed by atoms with Crippen LogP contribution in [-0.4, -0.2) is 17.6 Å². The number of benzene rings is 1. The van der Waals surface area contributed by atoms with Crippen molar-refractivity contribution in [3.63, 3.8) is 0 Å². The highest BCUT2D eigenvalue weighted by atomic mass is 16.3. The standard InChI is InChI=1S/C15H19NO2/c1-10-12(3-2-4-13(10)17)14(18)16-9-15(7-8-15)11-5-6-11/h2-4,11,17H,5-9H2,1H3,(H,16,18). The minimum absolute atomic E-state index is 0.0599. The number of hydrogen-bond donors (Lipinski definition) is 2. The van der Waals surface area contributed by atoms with Crippen molar-refractivity contribution in [2.45, 2.75) is 32.6 Å². The first-order valence-corrected chi connectivity index (χ1v) is 6.69. The molecule has 2 saturated carbocycles. The van der Waals surface area contributed by atoms with Crippen LogP contribution < -0.4 is 5.32 Å². The lowest BCUT2D eigenvalue weighted by Gasteiger charge is -2.15. The van der Waals surface area contributed by atoms with Gasteiger partial charge in [-0.25, -0.2) is 0 Å². The molecule has 3 nitrogen and oxygen atoms in total. The molecule has 1 aromatic carbocycles. The van der Waals surface area contributed by atoms with Crippen molar-refractivity contribution in [2.75, 3.05) is 6.54 Å². The molecular formula is C15H19NO2. The number of phenolic OH excluding ortho intramolecular Hbond substituents is 1. The average molecular weight is 245 g/mol. The number of nitrogens with one attached hydrogen (secondary N) is 1. The molecule has 0 aliphatic heterocycles.